The van der Waals surface area contributed by atoms with E-state index in [9.17, 15) is 0 Å². The second kappa shape index (κ2) is 7.01. The standard InChI is InChI=1S/C19H15ClN4O2/c1-25-17-10-14(19-21-23-24-22-19)9-16(20)18(17)26-11-13-7-4-6-12-5-2-3-8-15(12)13/h2-10H,11H2,1H3,(H,21,22,23,24). The third kappa shape index (κ3) is 3.07. The maximum Gasteiger partial charge on any atom is 0.204 e. The van der Waals surface area contributed by atoms with Gasteiger partial charge in [0, 0.05) is 5.56 Å². The number of nitrogens with zero attached hydrogens (tertiary/aromatic N) is 3. The van der Waals surface area contributed by atoms with E-state index in [-0.39, 0.29) is 0 Å². The van der Waals surface area contributed by atoms with Crippen molar-refractivity contribution >= 4 is 22.4 Å². The summed E-state index contributed by atoms with van der Waals surface area (Å²) in [7, 11) is 1.57. The van der Waals surface area contributed by atoms with E-state index in [0.29, 0.717) is 34.5 Å². The minimum atomic E-state index is 0.374. The summed E-state index contributed by atoms with van der Waals surface area (Å²) in [5.41, 5.74) is 1.77. The number of nitrogens with one attached hydrogen (secondary N) is 1. The Kier molecular flexibility index (Phi) is 4.41. The molecule has 7 heteroatoms. The van der Waals surface area contributed by atoms with Crippen molar-refractivity contribution in [2.45, 2.75) is 6.61 Å². The monoisotopic (exact) mass is 366 g/mol. The molecule has 0 amide bonds. The summed E-state index contributed by atoms with van der Waals surface area (Å²) in [5, 5.41) is 16.6. The van der Waals surface area contributed by atoms with Crippen LogP contribution in [0.5, 0.6) is 11.5 Å². The molecule has 0 fully saturated rings. The lowest BCUT2D eigenvalue weighted by molar-refractivity contribution is 0.286. The van der Waals surface area contributed by atoms with Crippen LogP contribution in [0.25, 0.3) is 22.2 Å². The van der Waals surface area contributed by atoms with Crippen molar-refractivity contribution in [1.29, 1.82) is 0 Å². The van der Waals surface area contributed by atoms with Crippen LogP contribution in [0.4, 0.5) is 0 Å². The molecule has 1 heterocycles. The molecule has 0 saturated carbocycles. The number of methoxy groups -OCH3 is 1. The lowest BCUT2D eigenvalue weighted by Crippen LogP contribution is -2.00. The van der Waals surface area contributed by atoms with Crippen LogP contribution in [0.2, 0.25) is 5.02 Å². The molecule has 0 aliphatic heterocycles. The first-order valence-corrected chi connectivity index (χ1v) is 8.35. The van der Waals surface area contributed by atoms with Crippen LogP contribution in [0.15, 0.2) is 54.6 Å². The van der Waals surface area contributed by atoms with E-state index in [2.05, 4.69) is 38.8 Å². The van der Waals surface area contributed by atoms with Crippen LogP contribution in [0.1, 0.15) is 5.56 Å². The number of aromatic nitrogens is 4. The fraction of sp³-hybridized carbons (Fsp3) is 0.105. The van der Waals surface area contributed by atoms with Gasteiger partial charge in [-0.05, 0) is 33.7 Å². The molecule has 1 N–H and O–H groups in total. The van der Waals surface area contributed by atoms with Gasteiger partial charge in [0.15, 0.2) is 11.5 Å². The van der Waals surface area contributed by atoms with Gasteiger partial charge >= 0.3 is 0 Å². The van der Waals surface area contributed by atoms with Crippen molar-refractivity contribution in [3.05, 3.63) is 65.2 Å². The zero-order valence-corrected chi connectivity index (χ0v) is 14.7. The first-order chi connectivity index (χ1) is 12.8. The Hall–Kier alpha value is -3.12. The molecule has 130 valence electrons. The molecular formula is C19H15ClN4O2. The average Bonchev–Trinajstić information content (AvgIpc) is 3.21. The van der Waals surface area contributed by atoms with Crippen LogP contribution in [0.3, 0.4) is 0 Å². The summed E-state index contributed by atoms with van der Waals surface area (Å²) in [6.07, 6.45) is 0. The highest BCUT2D eigenvalue weighted by atomic mass is 35.5. The number of H-pyrrole nitrogens is 1. The minimum Gasteiger partial charge on any atom is -0.493 e. The molecule has 26 heavy (non-hydrogen) atoms. The Bertz CT molecular complexity index is 1050. The van der Waals surface area contributed by atoms with Crippen molar-refractivity contribution in [3.63, 3.8) is 0 Å². The fourth-order valence-corrected chi connectivity index (χ4v) is 3.11. The molecule has 6 nitrogen and oxygen atoms in total. The lowest BCUT2D eigenvalue weighted by atomic mass is 10.1. The second-order valence-electron chi connectivity index (χ2n) is 5.65. The topological polar surface area (TPSA) is 72.9 Å². The molecule has 4 rings (SSSR count). The molecule has 0 saturated heterocycles. The second-order valence-corrected chi connectivity index (χ2v) is 6.06. The zero-order chi connectivity index (χ0) is 17.9. The van der Waals surface area contributed by atoms with Gasteiger partial charge in [-0.15, -0.1) is 10.2 Å². The molecule has 3 aromatic carbocycles. The largest absolute Gasteiger partial charge is 0.493 e. The van der Waals surface area contributed by atoms with Crippen molar-refractivity contribution in [3.8, 4) is 22.9 Å². The first-order valence-electron chi connectivity index (χ1n) is 7.97. The predicted molar refractivity (Wildman–Crippen MR) is 99.5 cm³/mol. The molecule has 0 atom stereocenters. The van der Waals surface area contributed by atoms with E-state index in [1.54, 1.807) is 19.2 Å². The van der Waals surface area contributed by atoms with E-state index in [4.69, 9.17) is 21.1 Å². The van der Waals surface area contributed by atoms with Gasteiger partial charge in [-0.3, -0.25) is 0 Å². The molecule has 0 aliphatic carbocycles. The van der Waals surface area contributed by atoms with Crippen LogP contribution in [0, 0.1) is 0 Å². The Morgan fingerprint density at radius 1 is 1.08 bits per heavy atom. The van der Waals surface area contributed by atoms with E-state index in [1.165, 1.54) is 5.39 Å². The summed E-state index contributed by atoms with van der Waals surface area (Å²) in [4.78, 5) is 0. The minimum absolute atomic E-state index is 0.374. The van der Waals surface area contributed by atoms with Crippen LogP contribution >= 0.6 is 11.6 Å². The van der Waals surface area contributed by atoms with Crippen LogP contribution in [-0.2, 0) is 6.61 Å². The number of hydrogen-bond donors (Lipinski definition) is 1. The third-order valence-electron chi connectivity index (χ3n) is 4.08. The van der Waals surface area contributed by atoms with Gasteiger partial charge in [0.1, 0.15) is 6.61 Å². The van der Waals surface area contributed by atoms with E-state index < -0.39 is 0 Å². The Labute approximate surface area is 154 Å². The summed E-state index contributed by atoms with van der Waals surface area (Å²) in [6, 6.07) is 17.8. The number of halogens is 1. The number of benzene rings is 3. The number of tetrazole rings is 1. The SMILES string of the molecule is COc1cc(-c2nn[nH]n2)cc(Cl)c1OCc1cccc2ccccc12. The molecular weight excluding hydrogens is 352 g/mol. The molecule has 1 aromatic heterocycles. The number of ether oxygens (including phenoxy) is 2. The third-order valence-corrected chi connectivity index (χ3v) is 4.37. The first kappa shape index (κ1) is 16.4. The highest BCUT2D eigenvalue weighted by Crippen LogP contribution is 2.39. The van der Waals surface area contributed by atoms with E-state index >= 15 is 0 Å². The molecule has 0 unspecified atom stereocenters. The summed E-state index contributed by atoms with van der Waals surface area (Å²) >= 11 is 6.42. The van der Waals surface area contributed by atoms with Gasteiger partial charge < -0.3 is 9.47 Å². The molecule has 0 aliphatic rings. The summed E-state index contributed by atoms with van der Waals surface area (Å²) in [5.74, 6) is 1.43. The van der Waals surface area contributed by atoms with Crippen molar-refractivity contribution in [1.82, 2.24) is 20.6 Å². The van der Waals surface area contributed by atoms with Crippen molar-refractivity contribution < 1.29 is 9.47 Å². The molecule has 4 aromatic rings. The summed E-state index contributed by atoms with van der Waals surface area (Å²) in [6.45, 7) is 0.374. The number of aromatic amines is 1. The number of rotatable bonds is 5. The Balaban J connectivity index is 1.65. The maximum absolute atomic E-state index is 6.42. The van der Waals surface area contributed by atoms with E-state index in [1.807, 2.05) is 24.3 Å². The molecule has 0 bridgehead atoms. The zero-order valence-electron chi connectivity index (χ0n) is 13.9. The summed E-state index contributed by atoms with van der Waals surface area (Å²) < 4.78 is 11.4. The molecule has 0 spiro atoms. The van der Waals surface area contributed by atoms with Crippen molar-refractivity contribution in [2.24, 2.45) is 0 Å². The van der Waals surface area contributed by atoms with Gasteiger partial charge in [0.05, 0.1) is 12.1 Å². The quantitative estimate of drug-likeness (QED) is 0.571. The normalized spacial score (nSPS) is 10.8. The maximum atomic E-state index is 6.42. The van der Waals surface area contributed by atoms with Crippen molar-refractivity contribution in [2.75, 3.05) is 7.11 Å². The molecule has 0 radical (unpaired) electrons. The highest BCUT2D eigenvalue weighted by molar-refractivity contribution is 6.32. The Morgan fingerprint density at radius 3 is 2.73 bits per heavy atom. The van der Waals surface area contributed by atoms with Crippen LogP contribution in [-0.4, -0.2) is 27.7 Å². The predicted octanol–water partition coefficient (Wildman–Crippen LogP) is 4.26. The number of fused-ring (bicyclic) bond motifs is 1. The van der Waals surface area contributed by atoms with Gasteiger partial charge in [-0.25, -0.2) is 0 Å². The van der Waals surface area contributed by atoms with Gasteiger partial charge in [0.2, 0.25) is 5.82 Å². The fourth-order valence-electron chi connectivity index (χ4n) is 2.84. The smallest absolute Gasteiger partial charge is 0.204 e. The number of hydrogen-bond acceptors (Lipinski definition) is 5. The average molecular weight is 367 g/mol. The van der Waals surface area contributed by atoms with Gasteiger partial charge in [0.25, 0.3) is 0 Å². The Morgan fingerprint density at radius 2 is 1.92 bits per heavy atom. The highest BCUT2D eigenvalue weighted by Gasteiger charge is 2.15. The van der Waals surface area contributed by atoms with E-state index in [0.717, 1.165) is 10.9 Å². The lowest BCUT2D eigenvalue weighted by Gasteiger charge is -2.14. The van der Waals surface area contributed by atoms with Gasteiger partial charge in [-0.1, -0.05) is 54.1 Å². The van der Waals surface area contributed by atoms with Crippen LogP contribution < -0.4 is 9.47 Å². The van der Waals surface area contributed by atoms with Gasteiger partial charge in [-0.2, -0.15) is 5.21 Å².